The topological polar surface area (TPSA) is 102 Å². The van der Waals surface area contributed by atoms with E-state index in [1.54, 1.807) is 6.07 Å². The maximum Gasteiger partial charge on any atom is 0.293 e. The largest absolute Gasteiger partial charge is 0.381 e. The summed E-state index contributed by atoms with van der Waals surface area (Å²) in [5.41, 5.74) is 0.298. The van der Waals surface area contributed by atoms with Crippen LogP contribution in [0.2, 0.25) is 0 Å². The van der Waals surface area contributed by atoms with Gasteiger partial charge in [-0.3, -0.25) is 10.1 Å². The van der Waals surface area contributed by atoms with Crippen LogP contribution in [0.4, 0.5) is 15.8 Å². The zero-order valence-electron chi connectivity index (χ0n) is 18.3. The van der Waals surface area contributed by atoms with E-state index >= 15 is 0 Å². The molecule has 0 spiro atoms. The molecule has 33 heavy (non-hydrogen) atoms. The van der Waals surface area contributed by atoms with Gasteiger partial charge in [0.25, 0.3) is 5.69 Å². The van der Waals surface area contributed by atoms with Crippen LogP contribution >= 0.6 is 0 Å². The van der Waals surface area contributed by atoms with Crippen LogP contribution in [0.3, 0.4) is 0 Å². The van der Waals surface area contributed by atoms with E-state index in [1.807, 2.05) is 6.07 Å². The van der Waals surface area contributed by atoms with Gasteiger partial charge in [-0.05, 0) is 55.5 Å². The van der Waals surface area contributed by atoms with E-state index in [9.17, 15) is 22.9 Å². The third-order valence-electron chi connectivity index (χ3n) is 6.62. The first kappa shape index (κ1) is 23.6. The molecule has 2 aromatic rings. The lowest BCUT2D eigenvalue weighted by molar-refractivity contribution is -0.384. The Labute approximate surface area is 192 Å². The highest BCUT2D eigenvalue weighted by atomic mass is 32.2. The normalized spacial score (nSPS) is 19.2. The fourth-order valence-electron chi connectivity index (χ4n) is 4.64. The van der Waals surface area contributed by atoms with Gasteiger partial charge in [0, 0.05) is 44.3 Å². The Morgan fingerprint density at radius 1 is 1.09 bits per heavy atom. The summed E-state index contributed by atoms with van der Waals surface area (Å²) in [5.74, 6) is -0.336. The highest BCUT2D eigenvalue weighted by Crippen LogP contribution is 2.37. The number of anilines is 1. The predicted molar refractivity (Wildman–Crippen MR) is 122 cm³/mol. The van der Waals surface area contributed by atoms with Crippen molar-refractivity contribution in [1.82, 2.24) is 4.31 Å². The number of benzene rings is 2. The molecule has 2 heterocycles. The second kappa shape index (κ2) is 9.74. The number of sulfonamides is 1. The number of piperidine rings is 1. The van der Waals surface area contributed by atoms with Crippen molar-refractivity contribution in [3.8, 4) is 0 Å². The Kier molecular flexibility index (Phi) is 6.96. The molecule has 178 valence electrons. The number of nitro groups is 1. The van der Waals surface area contributed by atoms with E-state index in [2.05, 4.69) is 5.32 Å². The number of ether oxygens (including phenoxy) is 1. The average molecular weight is 478 g/mol. The Bertz CT molecular complexity index is 1110. The molecule has 0 aliphatic carbocycles. The molecule has 0 saturated carbocycles. The summed E-state index contributed by atoms with van der Waals surface area (Å²) in [7, 11) is -3.79. The molecule has 2 aliphatic rings. The van der Waals surface area contributed by atoms with Crippen molar-refractivity contribution in [2.24, 2.45) is 0 Å². The maximum absolute atomic E-state index is 13.9. The number of rotatable bonds is 7. The van der Waals surface area contributed by atoms with E-state index in [1.165, 1.54) is 28.6 Å². The second-order valence-electron chi connectivity index (χ2n) is 8.66. The minimum absolute atomic E-state index is 0.0763. The van der Waals surface area contributed by atoms with Crippen LogP contribution in [0.1, 0.15) is 37.7 Å². The number of nitrogens with one attached hydrogen (secondary N) is 1. The molecule has 2 aromatic carbocycles. The first-order valence-corrected chi connectivity index (χ1v) is 12.6. The second-order valence-corrected chi connectivity index (χ2v) is 10.6. The zero-order valence-corrected chi connectivity index (χ0v) is 19.2. The van der Waals surface area contributed by atoms with Crippen LogP contribution in [0.5, 0.6) is 0 Å². The van der Waals surface area contributed by atoms with Crippen LogP contribution in [0.15, 0.2) is 47.4 Å². The number of hydrogen-bond acceptors (Lipinski definition) is 6. The van der Waals surface area contributed by atoms with Gasteiger partial charge in [0.2, 0.25) is 10.0 Å². The molecule has 0 bridgehead atoms. The molecule has 8 nitrogen and oxygen atoms in total. The van der Waals surface area contributed by atoms with Crippen molar-refractivity contribution in [1.29, 1.82) is 0 Å². The lowest BCUT2D eigenvalue weighted by Crippen LogP contribution is -2.40. The molecule has 0 radical (unpaired) electrons. The van der Waals surface area contributed by atoms with E-state index in [0.717, 1.165) is 30.9 Å². The van der Waals surface area contributed by atoms with Crippen molar-refractivity contribution in [3.05, 3.63) is 64.0 Å². The summed E-state index contributed by atoms with van der Waals surface area (Å²) in [6, 6.07) is 10.4. The van der Waals surface area contributed by atoms with Gasteiger partial charge in [-0.2, -0.15) is 4.31 Å². The number of nitro benzene ring substituents is 1. The SMILES string of the molecule is O=[N+]([O-])c1cc(S(=O)(=O)N2CCCCC2)ccc1NCC1(c2cccc(F)c2)CCOCC1. The summed E-state index contributed by atoms with van der Waals surface area (Å²) in [6.07, 6.45) is 3.82. The van der Waals surface area contributed by atoms with E-state index < -0.39 is 20.4 Å². The Balaban J connectivity index is 1.61. The van der Waals surface area contributed by atoms with E-state index in [-0.39, 0.29) is 22.1 Å². The predicted octanol–water partition coefficient (Wildman–Crippen LogP) is 4.07. The fraction of sp³-hybridized carbons (Fsp3) is 0.478. The zero-order chi connectivity index (χ0) is 23.5. The maximum atomic E-state index is 13.9. The first-order chi connectivity index (χ1) is 15.8. The summed E-state index contributed by atoms with van der Waals surface area (Å²) >= 11 is 0. The summed E-state index contributed by atoms with van der Waals surface area (Å²) in [4.78, 5) is 11.2. The van der Waals surface area contributed by atoms with Crippen molar-refractivity contribution in [2.45, 2.75) is 42.4 Å². The molecule has 4 rings (SSSR count). The van der Waals surface area contributed by atoms with Gasteiger partial charge in [-0.15, -0.1) is 0 Å². The number of nitrogens with zero attached hydrogens (tertiary/aromatic N) is 2. The smallest absolute Gasteiger partial charge is 0.293 e. The van der Waals surface area contributed by atoms with Crippen molar-refractivity contribution in [2.75, 3.05) is 38.2 Å². The quantitative estimate of drug-likeness (QED) is 0.477. The minimum atomic E-state index is -3.79. The summed E-state index contributed by atoms with van der Waals surface area (Å²) in [6.45, 7) is 2.20. The Morgan fingerprint density at radius 2 is 1.82 bits per heavy atom. The molecule has 2 aliphatic heterocycles. The molecule has 0 aromatic heterocycles. The molecule has 0 unspecified atom stereocenters. The van der Waals surface area contributed by atoms with Crippen LogP contribution < -0.4 is 5.32 Å². The molecule has 10 heteroatoms. The monoisotopic (exact) mass is 477 g/mol. The van der Waals surface area contributed by atoms with Crippen molar-refractivity contribution < 1.29 is 22.5 Å². The molecular weight excluding hydrogens is 449 g/mol. The molecule has 0 atom stereocenters. The average Bonchev–Trinajstić information content (AvgIpc) is 2.83. The summed E-state index contributed by atoms with van der Waals surface area (Å²) < 4.78 is 46.8. The summed E-state index contributed by atoms with van der Waals surface area (Å²) in [5, 5.41) is 15.0. The third-order valence-corrected chi connectivity index (χ3v) is 8.52. The van der Waals surface area contributed by atoms with Gasteiger partial charge >= 0.3 is 0 Å². The van der Waals surface area contributed by atoms with Gasteiger partial charge in [-0.1, -0.05) is 18.6 Å². The molecular formula is C23H28FN3O5S. The van der Waals surface area contributed by atoms with Crippen LogP contribution in [0, 0.1) is 15.9 Å². The highest BCUT2D eigenvalue weighted by Gasteiger charge is 2.35. The fourth-order valence-corrected chi connectivity index (χ4v) is 6.18. The highest BCUT2D eigenvalue weighted by molar-refractivity contribution is 7.89. The van der Waals surface area contributed by atoms with E-state index in [4.69, 9.17) is 4.74 Å². The molecule has 2 saturated heterocycles. The lowest BCUT2D eigenvalue weighted by Gasteiger charge is -2.38. The van der Waals surface area contributed by atoms with Crippen molar-refractivity contribution >= 4 is 21.4 Å². The van der Waals surface area contributed by atoms with Gasteiger partial charge in [0.1, 0.15) is 11.5 Å². The van der Waals surface area contributed by atoms with Gasteiger partial charge < -0.3 is 10.1 Å². The molecule has 1 N–H and O–H groups in total. The first-order valence-electron chi connectivity index (χ1n) is 11.2. The Morgan fingerprint density at radius 3 is 2.48 bits per heavy atom. The molecule has 2 fully saturated rings. The number of halogens is 1. The number of hydrogen-bond donors (Lipinski definition) is 1. The Hall–Kier alpha value is -2.56. The van der Waals surface area contributed by atoms with Crippen molar-refractivity contribution in [3.63, 3.8) is 0 Å². The van der Waals surface area contributed by atoms with Gasteiger partial charge in [-0.25, -0.2) is 12.8 Å². The third kappa shape index (κ3) is 5.02. The van der Waals surface area contributed by atoms with Crippen LogP contribution in [0.25, 0.3) is 0 Å². The lowest BCUT2D eigenvalue weighted by atomic mass is 9.74. The van der Waals surface area contributed by atoms with Crippen LogP contribution in [-0.4, -0.2) is 50.5 Å². The van der Waals surface area contributed by atoms with Crippen LogP contribution in [-0.2, 0) is 20.2 Å². The van der Waals surface area contributed by atoms with Gasteiger partial charge in [0.05, 0.1) is 9.82 Å². The van der Waals surface area contributed by atoms with Gasteiger partial charge in [0.15, 0.2) is 0 Å². The minimum Gasteiger partial charge on any atom is -0.381 e. The van der Waals surface area contributed by atoms with E-state index in [0.29, 0.717) is 45.7 Å². The standard InChI is InChI=1S/C23H28FN3O5S/c24-19-6-4-5-18(15-19)23(9-13-32-14-10-23)17-25-21-8-7-20(16-22(21)27(28)29)33(30,31)26-11-2-1-3-12-26/h4-8,15-16,25H,1-3,9-14,17H2. The molecule has 0 amide bonds.